The first-order valence-electron chi connectivity index (χ1n) is 7.66. The number of hydrogen-bond donors (Lipinski definition) is 2. The molecule has 1 aromatic carbocycles. The number of nitrogens with one attached hydrogen (secondary N) is 2. The Hall–Kier alpha value is -2.47. The third kappa shape index (κ3) is 2.90. The van der Waals surface area contributed by atoms with Gasteiger partial charge in [0.15, 0.2) is 5.43 Å². The quantitative estimate of drug-likeness (QED) is 0.774. The lowest BCUT2D eigenvalue weighted by Crippen LogP contribution is -2.23. The van der Waals surface area contributed by atoms with Crippen LogP contribution in [0.1, 0.15) is 35.6 Å². The van der Waals surface area contributed by atoms with E-state index < -0.39 is 0 Å². The normalized spacial score (nSPS) is 12.7. The molecule has 2 heterocycles. The summed E-state index contributed by atoms with van der Waals surface area (Å²) < 4.78 is 1.74. The molecule has 2 aromatic heterocycles. The van der Waals surface area contributed by atoms with Crippen molar-refractivity contribution in [3.05, 3.63) is 57.4 Å². The Balaban J connectivity index is 1.88. The Labute approximate surface area is 134 Å². The SMILES string of the molecule is Cc1ccc(C)c2c(=O)cc(CNC(C)c3ncnn3C)[nH]c12. The second-order valence-corrected chi connectivity index (χ2v) is 5.95. The lowest BCUT2D eigenvalue weighted by atomic mass is 10.0. The Morgan fingerprint density at radius 2 is 2.04 bits per heavy atom. The van der Waals surface area contributed by atoms with Gasteiger partial charge in [0.05, 0.1) is 11.6 Å². The van der Waals surface area contributed by atoms with E-state index >= 15 is 0 Å². The van der Waals surface area contributed by atoms with Crippen LogP contribution in [-0.2, 0) is 13.6 Å². The van der Waals surface area contributed by atoms with Gasteiger partial charge in [-0.3, -0.25) is 9.48 Å². The molecule has 0 fully saturated rings. The van der Waals surface area contributed by atoms with Crippen LogP contribution in [0.15, 0.2) is 29.3 Å². The number of pyridine rings is 1. The van der Waals surface area contributed by atoms with Crippen LogP contribution in [0.4, 0.5) is 0 Å². The zero-order chi connectivity index (χ0) is 16.6. The largest absolute Gasteiger partial charge is 0.357 e. The highest BCUT2D eigenvalue weighted by Gasteiger charge is 2.12. The molecule has 0 saturated carbocycles. The summed E-state index contributed by atoms with van der Waals surface area (Å²) in [6.45, 7) is 6.56. The fourth-order valence-electron chi connectivity index (χ4n) is 2.86. The van der Waals surface area contributed by atoms with Gasteiger partial charge in [-0.1, -0.05) is 12.1 Å². The van der Waals surface area contributed by atoms with Crippen LogP contribution in [0.3, 0.4) is 0 Å². The Morgan fingerprint density at radius 3 is 2.74 bits per heavy atom. The first kappa shape index (κ1) is 15.4. The fourth-order valence-corrected chi connectivity index (χ4v) is 2.86. The van der Waals surface area contributed by atoms with Crippen LogP contribution < -0.4 is 10.7 Å². The van der Waals surface area contributed by atoms with E-state index in [1.807, 2.05) is 40.0 Å². The van der Waals surface area contributed by atoms with Gasteiger partial charge >= 0.3 is 0 Å². The van der Waals surface area contributed by atoms with Crippen molar-refractivity contribution in [3.8, 4) is 0 Å². The highest BCUT2D eigenvalue weighted by Crippen LogP contribution is 2.17. The minimum atomic E-state index is 0.0419. The summed E-state index contributed by atoms with van der Waals surface area (Å²) in [6, 6.07) is 5.74. The van der Waals surface area contributed by atoms with Gasteiger partial charge in [0, 0.05) is 30.7 Å². The standard InChI is InChI=1S/C17H21N5O/c1-10-5-6-11(2)16-15(10)14(23)7-13(21-16)8-18-12(3)17-19-9-20-22(17)4/h5-7,9,12,18H,8H2,1-4H3,(H,21,23). The summed E-state index contributed by atoms with van der Waals surface area (Å²) in [6.07, 6.45) is 1.54. The van der Waals surface area contributed by atoms with E-state index in [0.717, 1.165) is 33.5 Å². The Kier molecular flexibility index (Phi) is 4.00. The predicted molar refractivity (Wildman–Crippen MR) is 90.3 cm³/mol. The molecule has 3 aromatic rings. The topological polar surface area (TPSA) is 75.6 Å². The molecule has 0 aliphatic carbocycles. The highest BCUT2D eigenvalue weighted by atomic mass is 16.1. The molecule has 0 aliphatic heterocycles. The van der Waals surface area contributed by atoms with E-state index in [9.17, 15) is 4.79 Å². The number of benzene rings is 1. The van der Waals surface area contributed by atoms with Crippen LogP contribution in [0.5, 0.6) is 0 Å². The summed E-state index contributed by atoms with van der Waals surface area (Å²) in [5.41, 5.74) is 3.92. The monoisotopic (exact) mass is 311 g/mol. The molecule has 2 N–H and O–H groups in total. The summed E-state index contributed by atoms with van der Waals surface area (Å²) in [7, 11) is 1.87. The number of H-pyrrole nitrogens is 1. The third-order valence-electron chi connectivity index (χ3n) is 4.19. The van der Waals surface area contributed by atoms with Crippen LogP contribution in [0, 0.1) is 13.8 Å². The minimum Gasteiger partial charge on any atom is -0.357 e. The van der Waals surface area contributed by atoms with Crippen molar-refractivity contribution in [2.75, 3.05) is 0 Å². The van der Waals surface area contributed by atoms with Gasteiger partial charge in [0.1, 0.15) is 12.2 Å². The smallest absolute Gasteiger partial charge is 0.189 e. The summed E-state index contributed by atoms with van der Waals surface area (Å²) in [5, 5.41) is 8.22. The van der Waals surface area contributed by atoms with Crippen molar-refractivity contribution >= 4 is 10.9 Å². The minimum absolute atomic E-state index is 0.0419. The molecule has 0 spiro atoms. The van der Waals surface area contributed by atoms with Crippen molar-refractivity contribution in [2.45, 2.75) is 33.4 Å². The first-order valence-corrected chi connectivity index (χ1v) is 7.66. The number of fused-ring (bicyclic) bond motifs is 1. The van der Waals surface area contributed by atoms with Crippen molar-refractivity contribution in [1.82, 2.24) is 25.1 Å². The van der Waals surface area contributed by atoms with Crippen molar-refractivity contribution < 1.29 is 0 Å². The van der Waals surface area contributed by atoms with Crippen LogP contribution in [0.2, 0.25) is 0 Å². The molecule has 0 aliphatic rings. The summed E-state index contributed by atoms with van der Waals surface area (Å²) >= 11 is 0. The molecule has 1 unspecified atom stereocenters. The second kappa shape index (κ2) is 5.96. The average molecular weight is 311 g/mol. The lowest BCUT2D eigenvalue weighted by molar-refractivity contribution is 0.514. The van der Waals surface area contributed by atoms with Crippen molar-refractivity contribution in [3.63, 3.8) is 0 Å². The molecular weight excluding hydrogens is 290 g/mol. The van der Waals surface area contributed by atoms with Gasteiger partial charge < -0.3 is 10.3 Å². The highest BCUT2D eigenvalue weighted by molar-refractivity contribution is 5.84. The number of aromatic amines is 1. The maximum atomic E-state index is 12.4. The van der Waals surface area contributed by atoms with Gasteiger partial charge in [-0.25, -0.2) is 4.98 Å². The van der Waals surface area contributed by atoms with E-state index in [1.54, 1.807) is 10.7 Å². The fraction of sp³-hybridized carbons (Fsp3) is 0.353. The van der Waals surface area contributed by atoms with Gasteiger partial charge in [-0.2, -0.15) is 5.10 Å². The van der Waals surface area contributed by atoms with Crippen molar-refractivity contribution in [1.29, 1.82) is 0 Å². The molecule has 0 saturated heterocycles. The molecule has 23 heavy (non-hydrogen) atoms. The number of aryl methyl sites for hydroxylation is 3. The zero-order valence-corrected chi connectivity index (χ0v) is 13.8. The van der Waals surface area contributed by atoms with Crippen LogP contribution in [0.25, 0.3) is 10.9 Å². The first-order chi connectivity index (χ1) is 11.0. The van der Waals surface area contributed by atoms with E-state index in [2.05, 4.69) is 20.4 Å². The Morgan fingerprint density at radius 1 is 1.30 bits per heavy atom. The molecular formula is C17H21N5O. The van der Waals surface area contributed by atoms with Gasteiger partial charge in [-0.15, -0.1) is 0 Å². The molecule has 0 radical (unpaired) electrons. The predicted octanol–water partition coefficient (Wildman–Crippen LogP) is 2.12. The van der Waals surface area contributed by atoms with Crippen LogP contribution in [-0.4, -0.2) is 19.7 Å². The molecule has 3 rings (SSSR count). The molecule has 0 bridgehead atoms. The number of hydrogen-bond acceptors (Lipinski definition) is 4. The van der Waals surface area contributed by atoms with E-state index in [1.165, 1.54) is 6.33 Å². The second-order valence-electron chi connectivity index (χ2n) is 5.95. The van der Waals surface area contributed by atoms with Crippen LogP contribution >= 0.6 is 0 Å². The maximum absolute atomic E-state index is 12.4. The van der Waals surface area contributed by atoms with E-state index in [4.69, 9.17) is 0 Å². The van der Waals surface area contributed by atoms with E-state index in [0.29, 0.717) is 6.54 Å². The molecule has 6 heteroatoms. The molecule has 0 amide bonds. The van der Waals surface area contributed by atoms with Crippen molar-refractivity contribution in [2.24, 2.45) is 7.05 Å². The Bertz CT molecular complexity index is 909. The maximum Gasteiger partial charge on any atom is 0.189 e. The van der Waals surface area contributed by atoms with Gasteiger partial charge in [-0.05, 0) is 31.9 Å². The number of rotatable bonds is 4. The van der Waals surface area contributed by atoms with E-state index in [-0.39, 0.29) is 11.5 Å². The molecule has 1 atom stereocenters. The lowest BCUT2D eigenvalue weighted by Gasteiger charge is -2.14. The van der Waals surface area contributed by atoms with Gasteiger partial charge in [0.2, 0.25) is 0 Å². The average Bonchev–Trinajstić information content (AvgIpc) is 2.94. The number of nitrogens with zero attached hydrogens (tertiary/aromatic N) is 3. The summed E-state index contributed by atoms with van der Waals surface area (Å²) in [4.78, 5) is 20.1. The molecule has 120 valence electrons. The van der Waals surface area contributed by atoms with Gasteiger partial charge in [0.25, 0.3) is 0 Å². The summed E-state index contributed by atoms with van der Waals surface area (Å²) in [5.74, 6) is 0.861. The zero-order valence-electron chi connectivity index (χ0n) is 13.8. The third-order valence-corrected chi connectivity index (χ3v) is 4.19. The number of aromatic nitrogens is 4. The molecule has 6 nitrogen and oxygen atoms in total.